The fourth-order valence-corrected chi connectivity index (χ4v) is 4.12. The van der Waals surface area contributed by atoms with Crippen LogP contribution in [-0.4, -0.2) is 14.0 Å². The van der Waals surface area contributed by atoms with Crippen molar-refractivity contribution < 1.29 is 8.60 Å². The maximum atomic E-state index is 13.0. The van der Waals surface area contributed by atoms with Crippen molar-refractivity contribution in [3.63, 3.8) is 0 Å². The standard InChI is InChI=1S/C13H15BrFN3OS/c1-3-10-13(14)11(18(2)17-10)7-20(19)12-5-4-8(15)6-9(12)16/h4-6H,3,7,16H2,1-2H3. The molecule has 0 saturated heterocycles. The van der Waals surface area contributed by atoms with E-state index < -0.39 is 16.6 Å². The van der Waals surface area contributed by atoms with Crippen LogP contribution in [0.1, 0.15) is 18.3 Å². The molecule has 0 aliphatic carbocycles. The molecule has 1 unspecified atom stereocenters. The van der Waals surface area contributed by atoms with Crippen LogP contribution < -0.4 is 5.73 Å². The monoisotopic (exact) mass is 359 g/mol. The zero-order chi connectivity index (χ0) is 14.9. The summed E-state index contributed by atoms with van der Waals surface area (Å²) in [4.78, 5) is 0.442. The maximum absolute atomic E-state index is 13.0. The SMILES string of the molecule is CCc1nn(C)c(CS(=O)c2ccc(F)cc2N)c1Br. The number of benzene rings is 1. The van der Waals surface area contributed by atoms with Crippen LogP contribution in [-0.2, 0) is 30.0 Å². The van der Waals surface area contributed by atoms with Crippen molar-refractivity contribution in [3.05, 3.63) is 39.9 Å². The molecule has 0 bridgehead atoms. The molecule has 1 heterocycles. The number of nitrogen functional groups attached to an aromatic ring is 1. The second kappa shape index (κ2) is 6.05. The Labute approximate surface area is 127 Å². The van der Waals surface area contributed by atoms with Crippen LogP contribution >= 0.6 is 15.9 Å². The summed E-state index contributed by atoms with van der Waals surface area (Å²) in [6.45, 7) is 2.01. The van der Waals surface area contributed by atoms with Gasteiger partial charge in [-0.1, -0.05) is 6.92 Å². The molecule has 0 amide bonds. The van der Waals surface area contributed by atoms with Gasteiger partial charge >= 0.3 is 0 Å². The minimum absolute atomic E-state index is 0.206. The van der Waals surface area contributed by atoms with Crippen molar-refractivity contribution in [2.24, 2.45) is 7.05 Å². The first-order valence-corrected chi connectivity index (χ1v) is 8.18. The highest BCUT2D eigenvalue weighted by atomic mass is 79.9. The largest absolute Gasteiger partial charge is 0.398 e. The molecule has 0 spiro atoms. The molecule has 2 N–H and O–H groups in total. The van der Waals surface area contributed by atoms with Crippen molar-refractivity contribution >= 4 is 32.4 Å². The van der Waals surface area contributed by atoms with Crippen LogP contribution in [0.25, 0.3) is 0 Å². The highest BCUT2D eigenvalue weighted by Gasteiger charge is 2.17. The van der Waals surface area contributed by atoms with Gasteiger partial charge in [0.15, 0.2) is 0 Å². The van der Waals surface area contributed by atoms with Gasteiger partial charge in [0, 0.05) is 7.05 Å². The van der Waals surface area contributed by atoms with Gasteiger partial charge in [0.05, 0.1) is 43.0 Å². The molecule has 7 heteroatoms. The van der Waals surface area contributed by atoms with Crippen LogP contribution in [0.15, 0.2) is 27.6 Å². The smallest absolute Gasteiger partial charge is 0.125 e. The molecule has 1 atom stereocenters. The van der Waals surface area contributed by atoms with Crippen molar-refractivity contribution in [3.8, 4) is 0 Å². The van der Waals surface area contributed by atoms with Gasteiger partial charge in [-0.15, -0.1) is 0 Å². The summed E-state index contributed by atoms with van der Waals surface area (Å²) < 4.78 is 28.0. The quantitative estimate of drug-likeness (QED) is 0.853. The summed E-state index contributed by atoms with van der Waals surface area (Å²) in [7, 11) is 0.464. The molecule has 0 aliphatic heterocycles. The average Bonchev–Trinajstić information content (AvgIpc) is 2.66. The fourth-order valence-electron chi connectivity index (χ4n) is 1.91. The van der Waals surface area contributed by atoms with Crippen LogP contribution in [0.5, 0.6) is 0 Å². The number of hydrogen-bond donors (Lipinski definition) is 1. The Morgan fingerprint density at radius 1 is 1.50 bits per heavy atom. The van der Waals surface area contributed by atoms with E-state index in [0.29, 0.717) is 4.90 Å². The van der Waals surface area contributed by atoms with E-state index >= 15 is 0 Å². The van der Waals surface area contributed by atoms with Gasteiger partial charge in [-0.2, -0.15) is 5.10 Å². The van der Waals surface area contributed by atoms with Crippen LogP contribution in [0.2, 0.25) is 0 Å². The summed E-state index contributed by atoms with van der Waals surface area (Å²) >= 11 is 3.48. The summed E-state index contributed by atoms with van der Waals surface area (Å²) in [5.41, 5.74) is 7.68. The van der Waals surface area contributed by atoms with Crippen molar-refractivity contribution in [2.75, 3.05) is 5.73 Å². The van der Waals surface area contributed by atoms with Crippen molar-refractivity contribution in [2.45, 2.75) is 24.0 Å². The predicted octanol–water partition coefficient (Wildman–Crippen LogP) is 2.77. The Balaban J connectivity index is 2.30. The second-order valence-corrected chi connectivity index (χ2v) is 6.57. The van der Waals surface area contributed by atoms with Gasteiger partial charge in [-0.25, -0.2) is 4.39 Å². The molecule has 0 aliphatic rings. The minimum atomic E-state index is -1.35. The highest BCUT2D eigenvalue weighted by molar-refractivity contribution is 9.10. The maximum Gasteiger partial charge on any atom is 0.125 e. The number of nitrogens with zero attached hydrogens (tertiary/aromatic N) is 2. The molecular formula is C13H15BrFN3OS. The lowest BCUT2D eigenvalue weighted by Crippen LogP contribution is -2.06. The number of anilines is 1. The van der Waals surface area contributed by atoms with Gasteiger partial charge in [0.1, 0.15) is 5.82 Å². The molecule has 20 heavy (non-hydrogen) atoms. The normalized spacial score (nSPS) is 12.6. The Hall–Kier alpha value is -1.21. The third kappa shape index (κ3) is 2.93. The summed E-state index contributed by atoms with van der Waals surface area (Å²) in [5, 5.41) is 4.36. The topological polar surface area (TPSA) is 60.9 Å². The zero-order valence-electron chi connectivity index (χ0n) is 11.2. The van der Waals surface area contributed by atoms with E-state index in [-0.39, 0.29) is 11.4 Å². The highest BCUT2D eigenvalue weighted by Crippen LogP contribution is 2.26. The molecule has 1 aromatic heterocycles. The third-order valence-corrected chi connectivity index (χ3v) is 5.30. The number of hydrogen-bond acceptors (Lipinski definition) is 3. The third-order valence-electron chi connectivity index (χ3n) is 2.99. The summed E-state index contributed by atoms with van der Waals surface area (Å²) in [5.74, 6) is -0.154. The first kappa shape index (κ1) is 15.2. The van der Waals surface area contributed by atoms with Crippen LogP contribution in [0.4, 0.5) is 10.1 Å². The Bertz CT molecular complexity index is 672. The van der Waals surface area contributed by atoms with E-state index in [9.17, 15) is 8.60 Å². The molecule has 0 radical (unpaired) electrons. The number of rotatable bonds is 4. The van der Waals surface area contributed by atoms with Gasteiger partial charge in [0.2, 0.25) is 0 Å². The molecule has 2 rings (SSSR count). The molecule has 0 saturated carbocycles. The fraction of sp³-hybridized carbons (Fsp3) is 0.308. The zero-order valence-corrected chi connectivity index (χ0v) is 13.6. The van der Waals surface area contributed by atoms with E-state index in [1.807, 2.05) is 14.0 Å². The summed E-state index contributed by atoms with van der Waals surface area (Å²) in [6.07, 6.45) is 0.791. The van der Waals surface area contributed by atoms with Crippen molar-refractivity contribution in [1.82, 2.24) is 9.78 Å². The molecule has 108 valence electrons. The lowest BCUT2D eigenvalue weighted by molar-refractivity contribution is 0.627. The van der Waals surface area contributed by atoms with E-state index in [4.69, 9.17) is 5.73 Å². The summed E-state index contributed by atoms with van der Waals surface area (Å²) in [6, 6.07) is 3.91. The first-order valence-electron chi connectivity index (χ1n) is 6.07. The van der Waals surface area contributed by atoms with Gasteiger partial charge < -0.3 is 5.73 Å². The lowest BCUT2D eigenvalue weighted by Gasteiger charge is -2.07. The Morgan fingerprint density at radius 3 is 2.75 bits per heavy atom. The van der Waals surface area contributed by atoms with Crippen LogP contribution in [0.3, 0.4) is 0 Å². The number of aromatic nitrogens is 2. The Morgan fingerprint density at radius 2 is 2.20 bits per heavy atom. The molecular weight excluding hydrogens is 345 g/mol. The van der Waals surface area contributed by atoms with Gasteiger partial charge in [-0.3, -0.25) is 8.89 Å². The molecule has 2 aromatic rings. The number of nitrogens with two attached hydrogens (primary N) is 1. The lowest BCUT2D eigenvalue weighted by atomic mass is 10.3. The number of halogens is 2. The molecule has 1 aromatic carbocycles. The number of aryl methyl sites for hydroxylation is 2. The van der Waals surface area contributed by atoms with Gasteiger partial charge in [-0.05, 0) is 40.5 Å². The minimum Gasteiger partial charge on any atom is -0.398 e. The molecule has 4 nitrogen and oxygen atoms in total. The molecule has 0 fully saturated rings. The van der Waals surface area contributed by atoms with E-state index in [1.54, 1.807) is 4.68 Å². The van der Waals surface area contributed by atoms with E-state index in [2.05, 4.69) is 21.0 Å². The van der Waals surface area contributed by atoms with Crippen molar-refractivity contribution in [1.29, 1.82) is 0 Å². The van der Waals surface area contributed by atoms with E-state index in [0.717, 1.165) is 22.3 Å². The van der Waals surface area contributed by atoms with Crippen LogP contribution in [0, 0.1) is 5.82 Å². The second-order valence-electron chi connectivity index (χ2n) is 4.36. The average molecular weight is 360 g/mol. The van der Waals surface area contributed by atoms with E-state index in [1.165, 1.54) is 18.2 Å². The van der Waals surface area contributed by atoms with Gasteiger partial charge in [0.25, 0.3) is 0 Å². The Kier molecular flexibility index (Phi) is 4.59. The predicted molar refractivity (Wildman–Crippen MR) is 81.2 cm³/mol. The first-order chi connectivity index (χ1) is 9.43.